The molecule has 0 atom stereocenters. The second-order valence-electron chi connectivity index (χ2n) is 6.01. The van der Waals surface area contributed by atoms with Crippen molar-refractivity contribution in [2.24, 2.45) is 5.11 Å². The van der Waals surface area contributed by atoms with E-state index in [0.29, 0.717) is 5.70 Å². The lowest BCUT2D eigenvalue weighted by molar-refractivity contribution is 0.607. The Morgan fingerprint density at radius 1 is 0.810 bits per heavy atom. The van der Waals surface area contributed by atoms with Crippen molar-refractivity contribution in [1.29, 1.82) is 5.53 Å². The molecule has 0 aromatic heterocycles. The van der Waals surface area contributed by atoms with Gasteiger partial charge in [-0.15, -0.1) is 0 Å². The van der Waals surface area contributed by atoms with E-state index in [1.54, 1.807) is 0 Å². The molecule has 0 amide bonds. The van der Waals surface area contributed by atoms with Crippen LogP contribution in [-0.4, -0.2) is 0 Å². The minimum atomic E-state index is 0.715. The molecule has 0 aliphatic rings. The Labute approximate surface area is 132 Å². The summed E-state index contributed by atoms with van der Waals surface area (Å²) in [5, 5.41) is 3.34. The average molecular weight is 293 g/mol. The van der Waals surface area contributed by atoms with Gasteiger partial charge in [-0.2, -0.15) is 5.11 Å². The molecule has 0 unspecified atom stereocenters. The molecule has 0 spiro atoms. The lowest BCUT2D eigenvalue weighted by Crippen LogP contribution is -1.81. The Kier molecular flexibility index (Phi) is 16.4. The van der Waals surface area contributed by atoms with E-state index in [2.05, 4.69) is 30.8 Å². The zero-order valence-electron chi connectivity index (χ0n) is 14.2. The fourth-order valence-electron chi connectivity index (χ4n) is 2.46. The van der Waals surface area contributed by atoms with E-state index in [-0.39, 0.29) is 0 Å². The molecule has 0 radical (unpaired) electrons. The summed E-state index contributed by atoms with van der Waals surface area (Å²) in [4.78, 5) is 0. The molecule has 2 heteroatoms. The number of rotatable bonds is 16. The van der Waals surface area contributed by atoms with Gasteiger partial charge >= 0.3 is 0 Å². The van der Waals surface area contributed by atoms with Crippen molar-refractivity contribution in [3.8, 4) is 0 Å². The molecule has 21 heavy (non-hydrogen) atoms. The highest BCUT2D eigenvalue weighted by atomic mass is 15.0. The molecule has 0 saturated carbocycles. The van der Waals surface area contributed by atoms with Gasteiger partial charge in [0, 0.05) is 0 Å². The van der Waals surface area contributed by atoms with Crippen LogP contribution in [0.15, 0.2) is 29.5 Å². The lowest BCUT2D eigenvalue weighted by Gasteiger charge is -2.00. The molecule has 1 N–H and O–H groups in total. The second kappa shape index (κ2) is 17.1. The van der Waals surface area contributed by atoms with Crippen LogP contribution in [0.1, 0.15) is 96.8 Å². The minimum Gasteiger partial charge on any atom is -0.205 e. The molecule has 0 aromatic carbocycles. The smallest absolute Gasteiger partial charge is 0.0552 e. The Balaban J connectivity index is 3.11. The third-order valence-corrected chi connectivity index (χ3v) is 3.89. The van der Waals surface area contributed by atoms with Gasteiger partial charge in [-0.1, -0.05) is 77.0 Å². The van der Waals surface area contributed by atoms with Crippen LogP contribution >= 0.6 is 0 Å². The minimum absolute atomic E-state index is 0.715. The molecule has 0 aliphatic heterocycles. The van der Waals surface area contributed by atoms with Crippen molar-refractivity contribution in [1.82, 2.24) is 0 Å². The van der Waals surface area contributed by atoms with Gasteiger partial charge < -0.3 is 0 Å². The number of unbranched alkanes of at least 4 members (excludes halogenated alkanes) is 11. The third-order valence-electron chi connectivity index (χ3n) is 3.89. The van der Waals surface area contributed by atoms with Gasteiger partial charge in [-0.3, -0.25) is 0 Å². The largest absolute Gasteiger partial charge is 0.205 e. The summed E-state index contributed by atoms with van der Waals surface area (Å²) in [6.45, 7) is 5.98. The maximum Gasteiger partial charge on any atom is 0.0552 e. The molecule has 0 fully saturated rings. The first-order valence-electron chi connectivity index (χ1n) is 9.01. The van der Waals surface area contributed by atoms with Crippen LogP contribution in [-0.2, 0) is 0 Å². The van der Waals surface area contributed by atoms with Gasteiger partial charge in [-0.25, -0.2) is 5.53 Å². The number of nitrogens with one attached hydrogen (secondary N) is 1. The van der Waals surface area contributed by atoms with E-state index in [4.69, 9.17) is 5.53 Å². The van der Waals surface area contributed by atoms with E-state index in [1.165, 1.54) is 77.0 Å². The maximum absolute atomic E-state index is 6.81. The molecule has 0 aromatic rings. The molecular formula is C19H36N2. The summed E-state index contributed by atoms with van der Waals surface area (Å²) in [6, 6.07) is 0. The highest BCUT2D eigenvalue weighted by Crippen LogP contribution is 2.12. The van der Waals surface area contributed by atoms with Crippen LogP contribution in [0.3, 0.4) is 0 Å². The van der Waals surface area contributed by atoms with Crippen LogP contribution in [0.5, 0.6) is 0 Å². The lowest BCUT2D eigenvalue weighted by atomic mass is 10.1. The molecule has 0 aliphatic carbocycles. The van der Waals surface area contributed by atoms with Crippen molar-refractivity contribution >= 4 is 0 Å². The summed E-state index contributed by atoms with van der Waals surface area (Å²) in [5.41, 5.74) is 7.52. The number of nitrogens with zero attached hydrogens (tertiary/aromatic N) is 1. The fraction of sp³-hybridized carbons (Fsp3) is 0.789. The molecule has 0 bridgehead atoms. The summed E-state index contributed by atoms with van der Waals surface area (Å²) in [6.07, 6.45) is 22.8. The molecule has 122 valence electrons. The molecule has 2 nitrogen and oxygen atoms in total. The molecular weight excluding hydrogens is 256 g/mol. The van der Waals surface area contributed by atoms with Gasteiger partial charge in [0.25, 0.3) is 0 Å². The first-order valence-corrected chi connectivity index (χ1v) is 9.01. The van der Waals surface area contributed by atoms with Crippen LogP contribution in [0.25, 0.3) is 0 Å². The zero-order chi connectivity index (χ0) is 15.6. The Bertz CT molecular complexity index is 269. The quantitative estimate of drug-likeness (QED) is 0.173. The van der Waals surface area contributed by atoms with Crippen molar-refractivity contribution in [3.63, 3.8) is 0 Å². The van der Waals surface area contributed by atoms with Crippen molar-refractivity contribution < 1.29 is 0 Å². The van der Waals surface area contributed by atoms with Crippen molar-refractivity contribution in [2.45, 2.75) is 96.8 Å². The third kappa shape index (κ3) is 17.0. The fourth-order valence-corrected chi connectivity index (χ4v) is 2.46. The van der Waals surface area contributed by atoms with Crippen LogP contribution < -0.4 is 0 Å². The first-order chi connectivity index (χ1) is 10.3. The topological polar surface area (TPSA) is 36.2 Å². The van der Waals surface area contributed by atoms with Gasteiger partial charge in [0.15, 0.2) is 0 Å². The highest BCUT2D eigenvalue weighted by molar-refractivity contribution is 4.87. The number of hydrogen-bond acceptors (Lipinski definition) is 2. The first kappa shape index (κ1) is 20.1. The SMILES string of the molecule is C=C(CCCCCCC/C=C\CCCCCCCC)N=N. The van der Waals surface area contributed by atoms with E-state index >= 15 is 0 Å². The Morgan fingerprint density at radius 3 is 1.81 bits per heavy atom. The monoisotopic (exact) mass is 292 g/mol. The van der Waals surface area contributed by atoms with E-state index in [0.717, 1.165) is 12.8 Å². The summed E-state index contributed by atoms with van der Waals surface area (Å²) in [7, 11) is 0. The molecule has 0 heterocycles. The van der Waals surface area contributed by atoms with Crippen molar-refractivity contribution in [3.05, 3.63) is 24.4 Å². The molecule has 0 saturated heterocycles. The maximum atomic E-state index is 6.81. The van der Waals surface area contributed by atoms with Gasteiger partial charge in [-0.05, 0) is 38.5 Å². The predicted octanol–water partition coefficient (Wildman–Crippen LogP) is 7.57. The van der Waals surface area contributed by atoms with Crippen molar-refractivity contribution in [2.75, 3.05) is 0 Å². The summed E-state index contributed by atoms with van der Waals surface area (Å²) < 4.78 is 0. The van der Waals surface area contributed by atoms with Gasteiger partial charge in [0.1, 0.15) is 0 Å². The normalized spacial score (nSPS) is 11.1. The van der Waals surface area contributed by atoms with E-state index in [1.807, 2.05) is 0 Å². The zero-order valence-corrected chi connectivity index (χ0v) is 14.2. The van der Waals surface area contributed by atoms with E-state index in [9.17, 15) is 0 Å². The standard InChI is InChI=1S/C19H36N2/c1-3-4-5-6-7-8-9-10-11-12-13-14-15-16-17-18-19(2)21-20/h10-11,20H,2-9,12-18H2,1H3/b11-10-,21-20?. The highest BCUT2D eigenvalue weighted by Gasteiger charge is 1.93. The average Bonchev–Trinajstić information content (AvgIpc) is 2.50. The van der Waals surface area contributed by atoms with Gasteiger partial charge in [0.2, 0.25) is 0 Å². The number of allylic oxidation sites excluding steroid dienone is 3. The van der Waals surface area contributed by atoms with Gasteiger partial charge in [0.05, 0.1) is 5.70 Å². The Morgan fingerprint density at radius 2 is 1.29 bits per heavy atom. The molecule has 0 rings (SSSR count). The second-order valence-corrected chi connectivity index (χ2v) is 6.01. The van der Waals surface area contributed by atoms with Crippen LogP contribution in [0, 0.1) is 5.53 Å². The summed E-state index contributed by atoms with van der Waals surface area (Å²) >= 11 is 0. The van der Waals surface area contributed by atoms with E-state index < -0.39 is 0 Å². The Hall–Kier alpha value is -0.920. The summed E-state index contributed by atoms with van der Waals surface area (Å²) in [5.74, 6) is 0. The predicted molar refractivity (Wildman–Crippen MR) is 93.7 cm³/mol. The van der Waals surface area contributed by atoms with Crippen LogP contribution in [0.4, 0.5) is 0 Å². The number of hydrogen-bond donors (Lipinski definition) is 1. The van der Waals surface area contributed by atoms with Crippen LogP contribution in [0.2, 0.25) is 0 Å².